The molecule has 0 radical (unpaired) electrons. The average Bonchev–Trinajstić information content (AvgIpc) is 2.57. The van der Waals surface area contributed by atoms with Gasteiger partial charge in [-0.2, -0.15) is 0 Å². The van der Waals surface area contributed by atoms with Crippen molar-refractivity contribution in [2.24, 2.45) is 11.8 Å². The maximum Gasteiger partial charge on any atom is 0.138 e. The van der Waals surface area contributed by atoms with E-state index in [2.05, 4.69) is 15.5 Å². The predicted molar refractivity (Wildman–Crippen MR) is 37.7 cm³/mol. The van der Waals surface area contributed by atoms with Crippen LogP contribution in [0.1, 0.15) is 25.3 Å². The highest BCUT2D eigenvalue weighted by Crippen LogP contribution is 2.60. The van der Waals surface area contributed by atoms with Crippen molar-refractivity contribution in [2.75, 3.05) is 0 Å². The van der Waals surface area contributed by atoms with Crippen molar-refractivity contribution in [1.82, 2.24) is 20.2 Å². The lowest BCUT2D eigenvalue weighted by Gasteiger charge is -1.99. The van der Waals surface area contributed by atoms with Gasteiger partial charge in [0.15, 0.2) is 0 Å². The van der Waals surface area contributed by atoms with Crippen LogP contribution in [0.4, 0.5) is 0 Å². The van der Waals surface area contributed by atoms with E-state index >= 15 is 0 Å². The quantitative estimate of drug-likeness (QED) is 0.590. The molecule has 1 aromatic heterocycles. The van der Waals surface area contributed by atoms with Crippen LogP contribution < -0.4 is 0 Å². The fraction of sp³-hybridized carbons (Fsp3) is 0.857. The highest BCUT2D eigenvalue weighted by atomic mass is 15.5. The highest BCUT2D eigenvalue weighted by molar-refractivity contribution is 5.03. The molecule has 2 fully saturated rings. The van der Waals surface area contributed by atoms with Crippen LogP contribution in [0.3, 0.4) is 0 Å². The van der Waals surface area contributed by atoms with Crippen molar-refractivity contribution in [3.05, 3.63) is 6.33 Å². The number of nitrogens with zero attached hydrogens (tertiary/aromatic N) is 4. The van der Waals surface area contributed by atoms with Crippen LogP contribution in [0.25, 0.3) is 0 Å². The Morgan fingerprint density at radius 2 is 2.09 bits per heavy atom. The Balaban J connectivity index is 1.85. The van der Waals surface area contributed by atoms with Gasteiger partial charge in [-0.1, -0.05) is 6.42 Å². The normalized spacial score (nSPS) is 40.5. The fourth-order valence-electron chi connectivity index (χ4n) is 2.48. The monoisotopic (exact) mass is 150 g/mol. The van der Waals surface area contributed by atoms with E-state index in [0.29, 0.717) is 6.04 Å². The van der Waals surface area contributed by atoms with Gasteiger partial charge in [-0.3, -0.25) is 0 Å². The third-order valence-corrected chi connectivity index (χ3v) is 3.03. The Morgan fingerprint density at radius 3 is 2.73 bits per heavy atom. The summed E-state index contributed by atoms with van der Waals surface area (Å²) in [5, 5.41) is 11.2. The Labute approximate surface area is 64.6 Å². The van der Waals surface area contributed by atoms with Crippen LogP contribution in [-0.4, -0.2) is 20.2 Å². The average molecular weight is 150 g/mol. The third kappa shape index (κ3) is 0.667. The number of rotatable bonds is 1. The van der Waals surface area contributed by atoms with Gasteiger partial charge in [-0.25, -0.2) is 4.68 Å². The number of hydrogen-bond donors (Lipinski definition) is 0. The van der Waals surface area contributed by atoms with E-state index in [0.717, 1.165) is 11.8 Å². The summed E-state index contributed by atoms with van der Waals surface area (Å²) in [4.78, 5) is 0. The molecule has 11 heavy (non-hydrogen) atoms. The summed E-state index contributed by atoms with van der Waals surface area (Å²) >= 11 is 0. The first-order valence-electron chi connectivity index (χ1n) is 4.19. The molecule has 0 aliphatic heterocycles. The van der Waals surface area contributed by atoms with Gasteiger partial charge in [-0.05, 0) is 35.1 Å². The van der Waals surface area contributed by atoms with Gasteiger partial charge in [0.2, 0.25) is 0 Å². The zero-order valence-electron chi connectivity index (χ0n) is 6.22. The molecule has 4 heteroatoms. The molecule has 1 aromatic rings. The zero-order valence-corrected chi connectivity index (χ0v) is 6.22. The number of aromatic nitrogens is 4. The third-order valence-electron chi connectivity index (χ3n) is 3.03. The molecule has 0 N–H and O–H groups in total. The topological polar surface area (TPSA) is 43.6 Å². The van der Waals surface area contributed by atoms with Gasteiger partial charge in [-0.15, -0.1) is 5.10 Å². The van der Waals surface area contributed by atoms with E-state index in [1.54, 1.807) is 6.33 Å². The summed E-state index contributed by atoms with van der Waals surface area (Å²) in [6.07, 6.45) is 5.92. The Bertz CT molecular complexity index is 245. The van der Waals surface area contributed by atoms with Crippen LogP contribution in [0.15, 0.2) is 6.33 Å². The summed E-state index contributed by atoms with van der Waals surface area (Å²) in [6.45, 7) is 0. The smallest absolute Gasteiger partial charge is 0.138 e. The summed E-state index contributed by atoms with van der Waals surface area (Å²) in [5.74, 6) is 1.80. The lowest BCUT2D eigenvalue weighted by molar-refractivity contribution is 0.503. The standard InChI is InChI=1S/C7H10N4/c1-2-5-6(3-1)7(5)11-4-8-9-10-11/h4-7H,1-3H2. The molecule has 2 unspecified atom stereocenters. The zero-order chi connectivity index (χ0) is 7.26. The maximum atomic E-state index is 3.92. The van der Waals surface area contributed by atoms with Gasteiger partial charge in [0.1, 0.15) is 6.33 Å². The Morgan fingerprint density at radius 1 is 1.27 bits per heavy atom. The van der Waals surface area contributed by atoms with Crippen LogP contribution >= 0.6 is 0 Å². The predicted octanol–water partition coefficient (Wildman–Crippen LogP) is 0.644. The molecule has 2 saturated carbocycles. The van der Waals surface area contributed by atoms with E-state index in [1.807, 2.05) is 4.68 Å². The van der Waals surface area contributed by atoms with Crippen molar-refractivity contribution in [1.29, 1.82) is 0 Å². The van der Waals surface area contributed by atoms with Crippen LogP contribution in [-0.2, 0) is 0 Å². The van der Waals surface area contributed by atoms with Gasteiger partial charge >= 0.3 is 0 Å². The van der Waals surface area contributed by atoms with Crippen LogP contribution in [0, 0.1) is 11.8 Å². The van der Waals surface area contributed by atoms with E-state index in [-0.39, 0.29) is 0 Å². The Hall–Kier alpha value is -0.930. The molecule has 2 aliphatic rings. The molecular weight excluding hydrogens is 140 g/mol. The minimum absolute atomic E-state index is 0.652. The number of tetrazole rings is 1. The summed E-state index contributed by atoms with van der Waals surface area (Å²) < 4.78 is 1.93. The molecule has 0 bridgehead atoms. The largest absolute Gasteiger partial charge is 0.229 e. The molecule has 58 valence electrons. The van der Waals surface area contributed by atoms with Crippen molar-refractivity contribution in [2.45, 2.75) is 25.3 Å². The first-order chi connectivity index (χ1) is 5.47. The Kier molecular flexibility index (Phi) is 0.935. The molecular formula is C7H10N4. The molecule has 0 saturated heterocycles. The summed E-state index contributed by atoms with van der Waals surface area (Å²) in [7, 11) is 0. The van der Waals surface area contributed by atoms with Crippen molar-refractivity contribution in [3.63, 3.8) is 0 Å². The number of fused-ring (bicyclic) bond motifs is 1. The van der Waals surface area contributed by atoms with Crippen molar-refractivity contribution in [3.8, 4) is 0 Å². The molecule has 3 rings (SSSR count). The first-order valence-corrected chi connectivity index (χ1v) is 4.19. The van der Waals surface area contributed by atoms with Crippen LogP contribution in [0.2, 0.25) is 0 Å². The van der Waals surface area contributed by atoms with Crippen molar-refractivity contribution >= 4 is 0 Å². The van der Waals surface area contributed by atoms with Crippen LogP contribution in [0.5, 0.6) is 0 Å². The molecule has 4 nitrogen and oxygen atoms in total. The van der Waals surface area contributed by atoms with E-state index in [1.165, 1.54) is 19.3 Å². The van der Waals surface area contributed by atoms with E-state index in [4.69, 9.17) is 0 Å². The molecule has 0 aromatic carbocycles. The molecule has 2 atom stereocenters. The molecule has 1 heterocycles. The van der Waals surface area contributed by atoms with E-state index in [9.17, 15) is 0 Å². The van der Waals surface area contributed by atoms with Gasteiger partial charge < -0.3 is 0 Å². The maximum absolute atomic E-state index is 3.92. The molecule has 0 spiro atoms. The van der Waals surface area contributed by atoms with Crippen molar-refractivity contribution < 1.29 is 0 Å². The van der Waals surface area contributed by atoms with Gasteiger partial charge in [0.05, 0.1) is 6.04 Å². The summed E-state index contributed by atoms with van der Waals surface area (Å²) in [6, 6.07) is 0.652. The molecule has 0 amide bonds. The SMILES string of the molecule is c1nnnn1C1C2CCCC21. The summed E-state index contributed by atoms with van der Waals surface area (Å²) in [5.41, 5.74) is 0. The minimum Gasteiger partial charge on any atom is -0.229 e. The second kappa shape index (κ2) is 1.81. The minimum atomic E-state index is 0.652. The van der Waals surface area contributed by atoms with E-state index < -0.39 is 0 Å². The highest BCUT2D eigenvalue weighted by Gasteiger charge is 2.54. The lowest BCUT2D eigenvalue weighted by Crippen LogP contribution is -2.00. The molecule has 2 aliphatic carbocycles. The van der Waals surface area contributed by atoms with Gasteiger partial charge in [0, 0.05) is 0 Å². The van der Waals surface area contributed by atoms with Gasteiger partial charge in [0.25, 0.3) is 0 Å². The second-order valence-corrected chi connectivity index (χ2v) is 3.54. The second-order valence-electron chi connectivity index (χ2n) is 3.54. The fourth-order valence-corrected chi connectivity index (χ4v) is 2.48. The lowest BCUT2D eigenvalue weighted by atomic mass is 10.2. The number of hydrogen-bond acceptors (Lipinski definition) is 3. The first kappa shape index (κ1) is 5.69.